The molecule has 0 aromatic carbocycles. The summed E-state index contributed by atoms with van der Waals surface area (Å²) in [6.45, 7) is 7.11. The fourth-order valence-corrected chi connectivity index (χ4v) is 3.61. The zero-order valence-corrected chi connectivity index (χ0v) is 12.7. The van der Waals surface area contributed by atoms with Gasteiger partial charge in [-0.2, -0.15) is 0 Å². The number of nitrogens with zero attached hydrogens (tertiary/aromatic N) is 3. The van der Waals surface area contributed by atoms with Crippen molar-refractivity contribution in [1.82, 2.24) is 19.8 Å². The van der Waals surface area contributed by atoms with E-state index in [0.29, 0.717) is 12.1 Å². The molecular formula is C16H28N4. The summed E-state index contributed by atoms with van der Waals surface area (Å²) < 4.78 is 2.37. The third kappa shape index (κ3) is 3.41. The Kier molecular flexibility index (Phi) is 4.73. The van der Waals surface area contributed by atoms with Crippen LogP contribution in [-0.2, 0) is 6.54 Å². The molecule has 2 fully saturated rings. The number of nitrogens with one attached hydrogen (secondary N) is 1. The van der Waals surface area contributed by atoms with E-state index >= 15 is 0 Å². The van der Waals surface area contributed by atoms with Crippen LogP contribution in [0.2, 0.25) is 0 Å². The van der Waals surface area contributed by atoms with Crippen LogP contribution in [0.4, 0.5) is 0 Å². The largest absolute Gasteiger partial charge is 0.332 e. The van der Waals surface area contributed by atoms with E-state index in [1.165, 1.54) is 63.9 Å². The first-order chi connectivity index (χ1) is 9.83. The summed E-state index contributed by atoms with van der Waals surface area (Å²) in [5.74, 6) is 0. The van der Waals surface area contributed by atoms with Crippen LogP contribution in [-0.4, -0.2) is 40.1 Å². The molecule has 4 nitrogen and oxygen atoms in total. The van der Waals surface area contributed by atoms with E-state index < -0.39 is 0 Å². The number of piperidine rings is 2. The maximum atomic E-state index is 4.39. The van der Waals surface area contributed by atoms with Crippen LogP contribution in [0.25, 0.3) is 0 Å². The van der Waals surface area contributed by atoms with Crippen molar-refractivity contribution in [2.75, 3.05) is 19.6 Å². The predicted octanol–water partition coefficient (Wildman–Crippen LogP) is 2.57. The number of imidazole rings is 1. The minimum absolute atomic E-state index is 0.502. The van der Waals surface area contributed by atoms with Crippen molar-refractivity contribution >= 4 is 0 Å². The summed E-state index contributed by atoms with van der Waals surface area (Å²) >= 11 is 0. The van der Waals surface area contributed by atoms with Crippen molar-refractivity contribution in [2.45, 2.75) is 64.1 Å². The van der Waals surface area contributed by atoms with Gasteiger partial charge in [0.15, 0.2) is 0 Å². The fraction of sp³-hybridized carbons (Fsp3) is 0.812. The molecule has 2 unspecified atom stereocenters. The topological polar surface area (TPSA) is 33.1 Å². The average Bonchev–Trinajstić information content (AvgIpc) is 2.95. The van der Waals surface area contributed by atoms with Crippen molar-refractivity contribution in [3.05, 3.63) is 18.2 Å². The maximum absolute atomic E-state index is 4.39. The molecule has 1 aromatic rings. The van der Waals surface area contributed by atoms with Crippen molar-refractivity contribution in [3.8, 4) is 0 Å². The number of aromatic nitrogens is 2. The summed E-state index contributed by atoms with van der Waals surface area (Å²) in [4.78, 5) is 6.99. The Morgan fingerprint density at radius 1 is 1.15 bits per heavy atom. The van der Waals surface area contributed by atoms with E-state index in [1.54, 1.807) is 0 Å². The maximum Gasteiger partial charge on any atom is 0.0949 e. The molecule has 1 N–H and O–H groups in total. The lowest BCUT2D eigenvalue weighted by molar-refractivity contribution is 0.218. The van der Waals surface area contributed by atoms with E-state index in [2.05, 4.69) is 32.9 Å². The minimum Gasteiger partial charge on any atom is -0.332 e. The van der Waals surface area contributed by atoms with Gasteiger partial charge in [0.05, 0.1) is 12.0 Å². The number of likely N-dealkylation sites (tertiary alicyclic amines) is 1. The van der Waals surface area contributed by atoms with E-state index in [9.17, 15) is 0 Å². The molecule has 0 spiro atoms. The van der Waals surface area contributed by atoms with Crippen LogP contribution in [0.5, 0.6) is 0 Å². The summed E-state index contributed by atoms with van der Waals surface area (Å²) in [7, 11) is 0. The van der Waals surface area contributed by atoms with Gasteiger partial charge in [-0.05, 0) is 52.1 Å². The first-order valence-corrected chi connectivity index (χ1v) is 8.31. The monoisotopic (exact) mass is 276 g/mol. The second kappa shape index (κ2) is 6.72. The van der Waals surface area contributed by atoms with Gasteiger partial charge in [0.25, 0.3) is 0 Å². The standard InChI is InChI=1S/C16H28N4/c1-14-6-5-7-15(18-14)16-12-17-13-20(16)11-10-19-8-3-2-4-9-19/h12-15,18H,2-11H2,1H3. The summed E-state index contributed by atoms with van der Waals surface area (Å²) in [6, 6.07) is 1.14. The van der Waals surface area contributed by atoms with Crippen molar-refractivity contribution < 1.29 is 0 Å². The molecule has 3 rings (SSSR count). The van der Waals surface area contributed by atoms with Crippen LogP contribution < -0.4 is 5.32 Å². The Balaban J connectivity index is 1.58. The van der Waals surface area contributed by atoms with Gasteiger partial charge in [-0.15, -0.1) is 0 Å². The van der Waals surface area contributed by atoms with E-state index in [0.717, 1.165) is 6.54 Å². The summed E-state index contributed by atoms with van der Waals surface area (Å²) in [5.41, 5.74) is 1.38. The lowest BCUT2D eigenvalue weighted by Crippen LogP contribution is -2.36. The molecule has 0 aliphatic carbocycles. The van der Waals surface area contributed by atoms with E-state index in [-0.39, 0.29) is 0 Å². The average molecular weight is 276 g/mol. The number of rotatable bonds is 4. The molecule has 2 aliphatic heterocycles. The second-order valence-corrected chi connectivity index (χ2v) is 6.47. The van der Waals surface area contributed by atoms with Gasteiger partial charge >= 0.3 is 0 Å². The lowest BCUT2D eigenvalue weighted by Gasteiger charge is -2.30. The van der Waals surface area contributed by atoms with Gasteiger partial charge in [-0.1, -0.05) is 6.42 Å². The molecule has 0 amide bonds. The molecule has 112 valence electrons. The van der Waals surface area contributed by atoms with Gasteiger partial charge in [0.1, 0.15) is 0 Å². The Labute approximate surface area is 122 Å². The predicted molar refractivity (Wildman–Crippen MR) is 81.7 cm³/mol. The van der Waals surface area contributed by atoms with Crippen LogP contribution in [0.15, 0.2) is 12.5 Å². The molecule has 0 radical (unpaired) electrons. The van der Waals surface area contributed by atoms with Gasteiger partial charge in [-0.3, -0.25) is 0 Å². The molecule has 20 heavy (non-hydrogen) atoms. The molecule has 0 saturated carbocycles. The van der Waals surface area contributed by atoms with Crippen LogP contribution >= 0.6 is 0 Å². The van der Waals surface area contributed by atoms with Gasteiger partial charge in [0, 0.05) is 31.4 Å². The summed E-state index contributed by atoms with van der Waals surface area (Å²) in [5, 5.41) is 3.72. The van der Waals surface area contributed by atoms with Crippen LogP contribution in [0, 0.1) is 0 Å². The van der Waals surface area contributed by atoms with Gasteiger partial charge < -0.3 is 14.8 Å². The Morgan fingerprint density at radius 2 is 2.00 bits per heavy atom. The van der Waals surface area contributed by atoms with Crippen molar-refractivity contribution in [3.63, 3.8) is 0 Å². The molecule has 2 saturated heterocycles. The lowest BCUT2D eigenvalue weighted by atomic mass is 9.97. The van der Waals surface area contributed by atoms with Crippen LogP contribution in [0.3, 0.4) is 0 Å². The van der Waals surface area contributed by atoms with Gasteiger partial charge in [0.2, 0.25) is 0 Å². The second-order valence-electron chi connectivity index (χ2n) is 6.47. The molecule has 2 atom stereocenters. The van der Waals surface area contributed by atoms with E-state index in [1.807, 2.05) is 6.33 Å². The van der Waals surface area contributed by atoms with Crippen molar-refractivity contribution in [2.24, 2.45) is 0 Å². The minimum atomic E-state index is 0.502. The Hall–Kier alpha value is -0.870. The highest BCUT2D eigenvalue weighted by atomic mass is 15.2. The Morgan fingerprint density at radius 3 is 2.80 bits per heavy atom. The quantitative estimate of drug-likeness (QED) is 0.917. The highest BCUT2D eigenvalue weighted by Crippen LogP contribution is 2.25. The van der Waals surface area contributed by atoms with Crippen LogP contribution in [0.1, 0.15) is 57.2 Å². The third-order valence-electron chi connectivity index (χ3n) is 4.82. The highest BCUT2D eigenvalue weighted by Gasteiger charge is 2.22. The first-order valence-electron chi connectivity index (χ1n) is 8.31. The Bertz CT molecular complexity index is 408. The van der Waals surface area contributed by atoms with Crippen molar-refractivity contribution in [1.29, 1.82) is 0 Å². The highest BCUT2D eigenvalue weighted by molar-refractivity contribution is 5.07. The SMILES string of the molecule is CC1CCCC(c2cncn2CCN2CCCCC2)N1. The fourth-order valence-electron chi connectivity index (χ4n) is 3.61. The van der Waals surface area contributed by atoms with E-state index in [4.69, 9.17) is 0 Å². The number of hydrogen-bond acceptors (Lipinski definition) is 3. The zero-order chi connectivity index (χ0) is 13.8. The smallest absolute Gasteiger partial charge is 0.0949 e. The molecule has 1 aromatic heterocycles. The normalized spacial score (nSPS) is 28.6. The molecule has 2 aliphatic rings. The van der Waals surface area contributed by atoms with Gasteiger partial charge in [-0.25, -0.2) is 4.98 Å². The number of hydrogen-bond donors (Lipinski definition) is 1. The summed E-state index contributed by atoms with van der Waals surface area (Å²) in [6.07, 6.45) is 12.1. The zero-order valence-electron chi connectivity index (χ0n) is 12.7. The molecule has 4 heteroatoms. The molecule has 3 heterocycles. The third-order valence-corrected chi connectivity index (χ3v) is 4.82. The molecular weight excluding hydrogens is 248 g/mol. The molecule has 0 bridgehead atoms. The first kappa shape index (κ1) is 14.1.